The number of hydrogen-bond acceptors (Lipinski definition) is 4. The molecule has 104 valence electrons. The summed E-state index contributed by atoms with van der Waals surface area (Å²) in [6.45, 7) is 6.66. The van der Waals surface area contributed by atoms with Crippen LogP contribution in [0.2, 0.25) is 0 Å². The van der Waals surface area contributed by atoms with Gasteiger partial charge in [-0.1, -0.05) is 20.8 Å². The summed E-state index contributed by atoms with van der Waals surface area (Å²) < 4.78 is 4.76. The van der Waals surface area contributed by atoms with Crippen molar-refractivity contribution in [3.8, 4) is 0 Å². The Morgan fingerprint density at radius 1 is 1.39 bits per heavy atom. The normalized spacial score (nSPS) is 21.8. The molecule has 1 fully saturated rings. The summed E-state index contributed by atoms with van der Waals surface area (Å²) in [6.07, 6.45) is 1.55. The second-order valence-electron chi connectivity index (χ2n) is 5.80. The zero-order valence-electron chi connectivity index (χ0n) is 11.9. The fraction of sp³-hybridized carbons (Fsp3) is 0.846. The predicted molar refractivity (Wildman–Crippen MR) is 69.1 cm³/mol. The highest BCUT2D eigenvalue weighted by Crippen LogP contribution is 2.25. The van der Waals surface area contributed by atoms with Crippen molar-refractivity contribution in [1.82, 2.24) is 10.2 Å². The van der Waals surface area contributed by atoms with E-state index in [-0.39, 0.29) is 23.3 Å². The highest BCUT2D eigenvalue weighted by atomic mass is 16.5. The molecule has 5 heteroatoms. The molecule has 0 aromatic heterocycles. The Morgan fingerprint density at radius 3 is 2.44 bits per heavy atom. The van der Waals surface area contributed by atoms with E-state index in [9.17, 15) is 9.59 Å². The molecule has 0 bridgehead atoms. The van der Waals surface area contributed by atoms with Gasteiger partial charge in [0, 0.05) is 6.54 Å². The van der Waals surface area contributed by atoms with E-state index >= 15 is 0 Å². The van der Waals surface area contributed by atoms with Gasteiger partial charge in [0.1, 0.15) is 6.04 Å². The smallest absolute Gasteiger partial charge is 0.328 e. The molecule has 0 radical (unpaired) electrons. The largest absolute Gasteiger partial charge is 0.467 e. The van der Waals surface area contributed by atoms with Crippen molar-refractivity contribution in [3.05, 3.63) is 0 Å². The molecule has 0 aromatic carbocycles. The highest BCUT2D eigenvalue weighted by Gasteiger charge is 2.40. The maximum Gasteiger partial charge on any atom is 0.328 e. The second-order valence-corrected chi connectivity index (χ2v) is 5.80. The summed E-state index contributed by atoms with van der Waals surface area (Å²) in [5.74, 6) is -0.331. The van der Waals surface area contributed by atoms with Crippen molar-refractivity contribution < 1.29 is 14.3 Å². The van der Waals surface area contributed by atoms with Gasteiger partial charge < -0.3 is 15.0 Å². The van der Waals surface area contributed by atoms with Crippen LogP contribution in [-0.4, -0.2) is 49.6 Å². The van der Waals surface area contributed by atoms with Gasteiger partial charge in [-0.15, -0.1) is 0 Å². The molecule has 1 aliphatic rings. The number of likely N-dealkylation sites (N-methyl/N-ethyl adjacent to an activating group) is 1. The molecule has 1 heterocycles. The van der Waals surface area contributed by atoms with Gasteiger partial charge in [-0.2, -0.15) is 0 Å². The third-order valence-corrected chi connectivity index (χ3v) is 3.41. The first kappa shape index (κ1) is 15.0. The van der Waals surface area contributed by atoms with Gasteiger partial charge in [0.25, 0.3) is 0 Å². The zero-order valence-corrected chi connectivity index (χ0v) is 11.9. The monoisotopic (exact) mass is 256 g/mol. The van der Waals surface area contributed by atoms with Crippen molar-refractivity contribution in [2.75, 3.05) is 20.7 Å². The molecule has 0 spiro atoms. The van der Waals surface area contributed by atoms with Crippen molar-refractivity contribution in [1.29, 1.82) is 0 Å². The lowest BCUT2D eigenvalue weighted by Crippen LogP contribution is -2.54. The molecule has 2 unspecified atom stereocenters. The van der Waals surface area contributed by atoms with Crippen molar-refractivity contribution in [2.24, 2.45) is 5.41 Å². The highest BCUT2D eigenvalue weighted by molar-refractivity contribution is 5.88. The zero-order chi connectivity index (χ0) is 13.9. The maximum atomic E-state index is 12.5. The average Bonchev–Trinajstić information content (AvgIpc) is 2.75. The number of amides is 1. The van der Waals surface area contributed by atoms with Crippen LogP contribution in [-0.2, 0) is 14.3 Å². The van der Waals surface area contributed by atoms with E-state index in [0.29, 0.717) is 13.0 Å². The van der Waals surface area contributed by atoms with Gasteiger partial charge in [0.05, 0.1) is 13.2 Å². The first-order valence-electron chi connectivity index (χ1n) is 6.38. The Balaban J connectivity index is 2.85. The number of carbonyl (C=O) groups excluding carboxylic acids is 2. The Morgan fingerprint density at radius 2 is 2.00 bits per heavy atom. The lowest BCUT2D eigenvalue weighted by Gasteiger charge is -2.34. The van der Waals surface area contributed by atoms with Crippen LogP contribution < -0.4 is 5.32 Å². The van der Waals surface area contributed by atoms with Crippen molar-refractivity contribution >= 4 is 11.9 Å². The maximum absolute atomic E-state index is 12.5. The van der Waals surface area contributed by atoms with Crippen LogP contribution in [0.3, 0.4) is 0 Å². The average molecular weight is 256 g/mol. The molecular weight excluding hydrogens is 232 g/mol. The van der Waals surface area contributed by atoms with Crippen LogP contribution in [0.1, 0.15) is 33.6 Å². The number of ether oxygens (including phenoxy) is 1. The van der Waals surface area contributed by atoms with Crippen LogP contribution in [0, 0.1) is 5.41 Å². The van der Waals surface area contributed by atoms with E-state index < -0.39 is 6.04 Å². The van der Waals surface area contributed by atoms with Crippen LogP contribution >= 0.6 is 0 Å². The van der Waals surface area contributed by atoms with Crippen molar-refractivity contribution in [3.63, 3.8) is 0 Å². The lowest BCUT2D eigenvalue weighted by molar-refractivity contribution is -0.152. The summed E-state index contributed by atoms with van der Waals surface area (Å²) in [6, 6.07) is -0.705. The van der Waals surface area contributed by atoms with Gasteiger partial charge in [-0.05, 0) is 25.3 Å². The third-order valence-electron chi connectivity index (χ3n) is 3.41. The first-order chi connectivity index (χ1) is 8.32. The fourth-order valence-electron chi connectivity index (χ4n) is 2.50. The molecule has 1 N–H and O–H groups in total. The molecule has 1 rings (SSSR count). The minimum atomic E-state index is -0.416. The van der Waals surface area contributed by atoms with Gasteiger partial charge in [-0.25, -0.2) is 4.79 Å². The SMILES string of the molecule is CNC(C(=O)N1CCCC1C(=O)OC)C(C)(C)C. The molecule has 0 aromatic rings. The molecule has 1 amide bonds. The lowest BCUT2D eigenvalue weighted by atomic mass is 9.86. The van der Waals surface area contributed by atoms with Gasteiger partial charge >= 0.3 is 5.97 Å². The topological polar surface area (TPSA) is 58.6 Å². The summed E-state index contributed by atoms with van der Waals surface area (Å²) in [4.78, 5) is 25.8. The number of nitrogens with zero attached hydrogens (tertiary/aromatic N) is 1. The summed E-state index contributed by atoms with van der Waals surface area (Å²) in [7, 11) is 3.14. The third kappa shape index (κ3) is 3.02. The Hall–Kier alpha value is -1.10. The quantitative estimate of drug-likeness (QED) is 0.758. The number of esters is 1. The summed E-state index contributed by atoms with van der Waals surface area (Å²) in [5, 5.41) is 3.05. The van der Waals surface area contributed by atoms with E-state index in [4.69, 9.17) is 4.74 Å². The molecule has 0 aliphatic carbocycles. The van der Waals surface area contributed by atoms with Crippen LogP contribution in [0.4, 0.5) is 0 Å². The standard InChI is InChI=1S/C13H24N2O3/c1-13(2,3)10(14-4)11(16)15-8-6-7-9(15)12(17)18-5/h9-10,14H,6-8H2,1-5H3. The summed E-state index contributed by atoms with van der Waals surface area (Å²) >= 11 is 0. The van der Waals surface area contributed by atoms with E-state index in [2.05, 4.69) is 5.32 Å². The van der Waals surface area contributed by atoms with Gasteiger partial charge in [0.2, 0.25) is 5.91 Å². The Bertz CT molecular complexity index is 323. The number of likely N-dealkylation sites (tertiary alicyclic amines) is 1. The predicted octanol–water partition coefficient (Wildman–Crippen LogP) is 0.784. The second kappa shape index (κ2) is 5.69. The number of methoxy groups -OCH3 is 1. The molecule has 0 saturated carbocycles. The van der Waals surface area contributed by atoms with E-state index in [1.54, 1.807) is 11.9 Å². The minimum absolute atomic E-state index is 0.0158. The number of nitrogens with one attached hydrogen (secondary N) is 1. The van der Waals surface area contributed by atoms with E-state index in [1.165, 1.54) is 7.11 Å². The van der Waals surface area contributed by atoms with Crippen LogP contribution in [0.5, 0.6) is 0 Å². The minimum Gasteiger partial charge on any atom is -0.467 e. The van der Waals surface area contributed by atoms with Crippen molar-refractivity contribution in [2.45, 2.75) is 45.7 Å². The Labute approximate surface area is 109 Å². The molecule has 1 saturated heterocycles. The summed E-state index contributed by atoms with van der Waals surface area (Å²) in [5.41, 5.74) is -0.185. The molecule has 1 aliphatic heterocycles. The fourth-order valence-corrected chi connectivity index (χ4v) is 2.50. The first-order valence-corrected chi connectivity index (χ1v) is 6.38. The van der Waals surface area contributed by atoms with E-state index in [0.717, 1.165) is 6.42 Å². The van der Waals surface area contributed by atoms with Crippen LogP contribution in [0.25, 0.3) is 0 Å². The van der Waals surface area contributed by atoms with Crippen LogP contribution in [0.15, 0.2) is 0 Å². The number of rotatable bonds is 3. The van der Waals surface area contributed by atoms with Gasteiger partial charge in [0.15, 0.2) is 0 Å². The molecule has 5 nitrogen and oxygen atoms in total. The molecular formula is C13H24N2O3. The molecule has 2 atom stereocenters. The molecule has 18 heavy (non-hydrogen) atoms. The number of hydrogen-bond donors (Lipinski definition) is 1. The number of carbonyl (C=O) groups is 2. The van der Waals surface area contributed by atoms with E-state index in [1.807, 2.05) is 20.8 Å². The van der Waals surface area contributed by atoms with Gasteiger partial charge in [-0.3, -0.25) is 4.79 Å². The Kier molecular flexibility index (Phi) is 4.73.